The molecule has 0 aromatic heterocycles. The fraction of sp³-hybridized carbons (Fsp3) is 0.286. The van der Waals surface area contributed by atoms with Crippen molar-refractivity contribution in [2.75, 3.05) is 6.54 Å². The second kappa shape index (κ2) is 6.39. The fourth-order valence-electron chi connectivity index (χ4n) is 1.20. The number of benzene rings is 1. The third kappa shape index (κ3) is 5.04. The highest BCUT2D eigenvalue weighted by molar-refractivity contribution is 6.30. The van der Waals surface area contributed by atoms with Gasteiger partial charge in [0.25, 0.3) is 0 Å². The molecular formula is C14H18ClN. The zero-order valence-electron chi connectivity index (χ0n) is 10.0. The van der Waals surface area contributed by atoms with Crippen molar-refractivity contribution in [3.05, 3.63) is 58.3 Å². The highest BCUT2D eigenvalue weighted by Gasteiger charge is 1.93. The van der Waals surface area contributed by atoms with Gasteiger partial charge >= 0.3 is 0 Å². The minimum Gasteiger partial charge on any atom is -0.385 e. The minimum atomic E-state index is 0.801. The Morgan fingerprint density at radius 2 is 1.62 bits per heavy atom. The molecular weight excluding hydrogens is 218 g/mol. The van der Waals surface area contributed by atoms with Crippen LogP contribution >= 0.6 is 11.6 Å². The van der Waals surface area contributed by atoms with Crippen LogP contribution in [0.15, 0.2) is 47.7 Å². The molecule has 0 amide bonds. The van der Waals surface area contributed by atoms with Gasteiger partial charge in [-0.2, -0.15) is 0 Å². The van der Waals surface area contributed by atoms with Crippen molar-refractivity contribution in [3.63, 3.8) is 0 Å². The summed E-state index contributed by atoms with van der Waals surface area (Å²) in [7, 11) is 0. The van der Waals surface area contributed by atoms with Crippen LogP contribution in [0, 0.1) is 6.92 Å². The van der Waals surface area contributed by atoms with Crippen LogP contribution < -0.4 is 5.32 Å². The highest BCUT2D eigenvalue weighted by Crippen LogP contribution is 2.07. The molecule has 86 valence electrons. The van der Waals surface area contributed by atoms with Gasteiger partial charge < -0.3 is 5.32 Å². The smallest absolute Gasteiger partial charge is 0.0406 e. The van der Waals surface area contributed by atoms with Gasteiger partial charge in [0.2, 0.25) is 0 Å². The summed E-state index contributed by atoms with van der Waals surface area (Å²) in [6.45, 7) is 7.25. The molecule has 0 aliphatic carbocycles. The first-order chi connectivity index (χ1) is 7.58. The van der Waals surface area contributed by atoms with Crippen molar-refractivity contribution in [2.24, 2.45) is 0 Å². The van der Waals surface area contributed by atoms with Gasteiger partial charge in [-0.3, -0.25) is 0 Å². The molecule has 1 aliphatic rings. The lowest BCUT2D eigenvalue weighted by atomic mass is 10.2. The minimum absolute atomic E-state index is 0.801. The van der Waals surface area contributed by atoms with Gasteiger partial charge in [-0.15, -0.1) is 0 Å². The summed E-state index contributed by atoms with van der Waals surface area (Å²) in [5.41, 5.74) is 3.90. The predicted octanol–water partition coefficient (Wildman–Crippen LogP) is 4.09. The number of rotatable bonds is 0. The first-order valence-electron chi connectivity index (χ1n) is 5.38. The van der Waals surface area contributed by atoms with E-state index in [2.05, 4.69) is 31.3 Å². The van der Waals surface area contributed by atoms with Crippen LogP contribution in [0.3, 0.4) is 0 Å². The summed E-state index contributed by atoms with van der Waals surface area (Å²) < 4.78 is 0. The van der Waals surface area contributed by atoms with E-state index in [1.807, 2.05) is 31.2 Å². The number of hydrogen-bond acceptors (Lipinski definition) is 1. The van der Waals surface area contributed by atoms with Crippen molar-refractivity contribution < 1.29 is 0 Å². The van der Waals surface area contributed by atoms with E-state index in [4.69, 9.17) is 11.6 Å². The maximum atomic E-state index is 5.61. The van der Waals surface area contributed by atoms with E-state index < -0.39 is 0 Å². The molecule has 0 fully saturated rings. The van der Waals surface area contributed by atoms with E-state index >= 15 is 0 Å². The van der Waals surface area contributed by atoms with Crippen LogP contribution in [-0.2, 0) is 0 Å². The Balaban J connectivity index is 0.000000160. The van der Waals surface area contributed by atoms with Crippen molar-refractivity contribution in [2.45, 2.75) is 20.8 Å². The largest absolute Gasteiger partial charge is 0.385 e. The Labute approximate surface area is 103 Å². The van der Waals surface area contributed by atoms with Crippen molar-refractivity contribution in [1.29, 1.82) is 0 Å². The van der Waals surface area contributed by atoms with Gasteiger partial charge in [0.1, 0.15) is 0 Å². The predicted molar refractivity (Wildman–Crippen MR) is 71.7 cm³/mol. The van der Waals surface area contributed by atoms with Crippen LogP contribution in [0.25, 0.3) is 0 Å². The van der Waals surface area contributed by atoms with Gasteiger partial charge in [0.05, 0.1) is 0 Å². The van der Waals surface area contributed by atoms with Gasteiger partial charge in [-0.05, 0) is 39.0 Å². The topological polar surface area (TPSA) is 12.0 Å². The zero-order chi connectivity index (χ0) is 12.0. The summed E-state index contributed by atoms with van der Waals surface area (Å²) in [6.07, 6.45) is 4.24. The Hall–Kier alpha value is -1.21. The third-order valence-electron chi connectivity index (χ3n) is 2.27. The molecule has 0 unspecified atom stereocenters. The number of halogens is 1. The van der Waals surface area contributed by atoms with Gasteiger partial charge in [0, 0.05) is 17.3 Å². The highest BCUT2D eigenvalue weighted by atomic mass is 35.5. The van der Waals surface area contributed by atoms with Crippen LogP contribution in [0.2, 0.25) is 5.02 Å². The lowest BCUT2D eigenvalue weighted by Gasteiger charge is -2.09. The lowest BCUT2D eigenvalue weighted by Crippen LogP contribution is -2.15. The molecule has 1 nitrogen and oxygen atoms in total. The molecule has 1 aliphatic heterocycles. The third-order valence-corrected chi connectivity index (χ3v) is 2.53. The fourth-order valence-corrected chi connectivity index (χ4v) is 1.32. The van der Waals surface area contributed by atoms with E-state index in [0.717, 1.165) is 11.6 Å². The first-order valence-corrected chi connectivity index (χ1v) is 5.76. The van der Waals surface area contributed by atoms with Crippen molar-refractivity contribution in [3.8, 4) is 0 Å². The number of nitrogens with one attached hydrogen (secondary N) is 1. The molecule has 0 saturated carbocycles. The van der Waals surface area contributed by atoms with E-state index in [9.17, 15) is 0 Å². The second-order valence-electron chi connectivity index (χ2n) is 4.01. The standard InChI is InChI=1S/C7H7Cl.C7H11N/c1-6-2-4-7(8)5-3-6;1-6-3-4-7(2)8-5-6/h2-5H,1H3;3-4,8H,5H2,1-2H3. The van der Waals surface area contributed by atoms with Gasteiger partial charge in [-0.25, -0.2) is 0 Å². The number of dihydropyridines is 1. The average Bonchev–Trinajstić information content (AvgIpc) is 2.28. The lowest BCUT2D eigenvalue weighted by molar-refractivity contribution is 0.853. The molecule has 0 atom stereocenters. The van der Waals surface area contributed by atoms with E-state index in [0.29, 0.717) is 0 Å². The molecule has 0 spiro atoms. The molecule has 0 bridgehead atoms. The van der Waals surface area contributed by atoms with E-state index in [1.54, 1.807) is 0 Å². The number of allylic oxidation sites excluding steroid dienone is 3. The molecule has 2 rings (SSSR count). The zero-order valence-corrected chi connectivity index (χ0v) is 10.8. The Morgan fingerprint density at radius 1 is 1.00 bits per heavy atom. The molecule has 2 heteroatoms. The quantitative estimate of drug-likeness (QED) is 0.714. The van der Waals surface area contributed by atoms with Crippen LogP contribution in [0.4, 0.5) is 0 Å². The average molecular weight is 236 g/mol. The molecule has 1 aromatic rings. The van der Waals surface area contributed by atoms with Crippen LogP contribution in [-0.4, -0.2) is 6.54 Å². The molecule has 16 heavy (non-hydrogen) atoms. The van der Waals surface area contributed by atoms with Crippen LogP contribution in [0.5, 0.6) is 0 Å². The van der Waals surface area contributed by atoms with E-state index in [1.165, 1.54) is 16.8 Å². The molecule has 1 heterocycles. The van der Waals surface area contributed by atoms with Crippen LogP contribution in [0.1, 0.15) is 19.4 Å². The monoisotopic (exact) mass is 235 g/mol. The molecule has 0 saturated heterocycles. The normalized spacial score (nSPS) is 14.0. The molecule has 1 aromatic carbocycles. The maximum Gasteiger partial charge on any atom is 0.0406 e. The van der Waals surface area contributed by atoms with Gasteiger partial charge in [0.15, 0.2) is 0 Å². The number of hydrogen-bond donors (Lipinski definition) is 1. The summed E-state index contributed by atoms with van der Waals surface area (Å²) >= 11 is 5.61. The Kier molecular flexibility index (Phi) is 5.13. The SMILES string of the molecule is CC1=CC=C(C)NC1.Cc1ccc(Cl)cc1. The van der Waals surface area contributed by atoms with E-state index in [-0.39, 0.29) is 0 Å². The summed E-state index contributed by atoms with van der Waals surface area (Å²) in [6, 6.07) is 7.75. The molecule has 1 N–H and O–H groups in total. The second-order valence-corrected chi connectivity index (χ2v) is 4.45. The maximum absolute atomic E-state index is 5.61. The summed E-state index contributed by atoms with van der Waals surface area (Å²) in [4.78, 5) is 0. The number of aryl methyl sites for hydroxylation is 1. The van der Waals surface area contributed by atoms with Crippen molar-refractivity contribution >= 4 is 11.6 Å². The first kappa shape index (κ1) is 12.9. The Morgan fingerprint density at radius 3 is 2.00 bits per heavy atom. The Bertz CT molecular complexity index is 349. The molecule has 0 radical (unpaired) electrons. The summed E-state index contributed by atoms with van der Waals surface area (Å²) in [5.74, 6) is 0. The summed E-state index contributed by atoms with van der Waals surface area (Å²) in [5, 5.41) is 4.03. The van der Waals surface area contributed by atoms with Crippen molar-refractivity contribution in [1.82, 2.24) is 5.32 Å². The van der Waals surface area contributed by atoms with Gasteiger partial charge in [-0.1, -0.05) is 40.9 Å².